The monoisotopic (exact) mass is 507 g/mol. The number of rotatable bonds is 3. The Morgan fingerprint density at radius 1 is 1.27 bits per heavy atom. The Bertz CT molecular complexity index is 1470. The van der Waals surface area contributed by atoms with Crippen molar-refractivity contribution in [3.63, 3.8) is 0 Å². The van der Waals surface area contributed by atoms with Gasteiger partial charge in [-0.25, -0.2) is 9.18 Å². The van der Waals surface area contributed by atoms with Crippen LogP contribution >= 0.6 is 39.5 Å². The minimum atomic E-state index is -0.631. The predicted octanol–water partition coefficient (Wildman–Crippen LogP) is 4.51. The highest BCUT2D eigenvalue weighted by atomic mass is 79.9. The summed E-state index contributed by atoms with van der Waals surface area (Å²) in [5, 5.41) is 2.77. The molecule has 30 heavy (non-hydrogen) atoms. The number of aromatic amines is 1. The Balaban J connectivity index is 1.90. The highest BCUT2D eigenvalue weighted by Gasteiger charge is 2.20. The molecule has 0 spiro atoms. The van der Waals surface area contributed by atoms with Crippen LogP contribution in [0.3, 0.4) is 0 Å². The summed E-state index contributed by atoms with van der Waals surface area (Å²) >= 11 is 9.50. The van der Waals surface area contributed by atoms with E-state index in [0.29, 0.717) is 9.99 Å². The van der Waals surface area contributed by atoms with Gasteiger partial charge in [0.05, 0.1) is 29.3 Å². The van der Waals surface area contributed by atoms with Crippen LogP contribution in [-0.2, 0) is 4.74 Å². The van der Waals surface area contributed by atoms with E-state index in [1.54, 1.807) is 6.07 Å². The van der Waals surface area contributed by atoms with Crippen molar-refractivity contribution >= 4 is 73.6 Å². The zero-order valence-corrected chi connectivity index (χ0v) is 18.3. The van der Waals surface area contributed by atoms with E-state index in [-0.39, 0.29) is 31.1 Å². The SMILES string of the molecule is COC(=O)c1ccc2c(=O)[nH]c3c(C(=O)Nc4ccc(Br)cc4F)sc(=S)n3c2c1. The van der Waals surface area contributed by atoms with Crippen molar-refractivity contribution in [1.29, 1.82) is 0 Å². The summed E-state index contributed by atoms with van der Waals surface area (Å²) in [4.78, 5) is 40.0. The van der Waals surface area contributed by atoms with Gasteiger partial charge in [-0.1, -0.05) is 27.3 Å². The number of carbonyl (C=O) groups excluding carboxylic acids is 2. The van der Waals surface area contributed by atoms with Crippen LogP contribution in [0.1, 0.15) is 20.0 Å². The number of hydrogen-bond acceptors (Lipinski definition) is 6. The van der Waals surface area contributed by atoms with E-state index < -0.39 is 23.3 Å². The van der Waals surface area contributed by atoms with E-state index in [2.05, 4.69) is 26.2 Å². The van der Waals surface area contributed by atoms with Gasteiger partial charge in [-0.05, 0) is 48.6 Å². The van der Waals surface area contributed by atoms with Gasteiger partial charge in [-0.3, -0.25) is 14.0 Å². The first kappa shape index (κ1) is 20.4. The molecule has 2 aromatic heterocycles. The van der Waals surface area contributed by atoms with Crippen molar-refractivity contribution < 1.29 is 18.7 Å². The van der Waals surface area contributed by atoms with E-state index in [0.717, 1.165) is 11.3 Å². The number of aromatic nitrogens is 2. The van der Waals surface area contributed by atoms with E-state index >= 15 is 0 Å². The van der Waals surface area contributed by atoms with Gasteiger partial charge in [0.1, 0.15) is 16.3 Å². The summed E-state index contributed by atoms with van der Waals surface area (Å²) in [6, 6.07) is 8.64. The second kappa shape index (κ2) is 7.74. The number of thiazole rings is 1. The number of anilines is 1. The third-order valence-corrected chi connectivity index (χ3v) is 6.20. The molecule has 0 aliphatic heterocycles. The molecule has 2 aromatic carbocycles. The molecule has 0 bridgehead atoms. The summed E-state index contributed by atoms with van der Waals surface area (Å²) in [5.74, 6) is -1.82. The molecule has 0 saturated heterocycles. The average Bonchev–Trinajstić information content (AvgIpc) is 3.05. The fourth-order valence-corrected chi connectivity index (χ4v) is 4.57. The maximum atomic E-state index is 14.1. The number of H-pyrrole nitrogens is 1. The molecule has 0 saturated carbocycles. The zero-order valence-electron chi connectivity index (χ0n) is 15.1. The lowest BCUT2D eigenvalue weighted by atomic mass is 10.1. The summed E-state index contributed by atoms with van der Waals surface area (Å²) in [7, 11) is 1.25. The van der Waals surface area contributed by atoms with Crippen LogP contribution in [0.25, 0.3) is 16.6 Å². The summed E-state index contributed by atoms with van der Waals surface area (Å²) in [5.41, 5.74) is 0.258. The Morgan fingerprint density at radius 3 is 2.73 bits per heavy atom. The van der Waals surface area contributed by atoms with Crippen LogP contribution in [0.15, 0.2) is 45.7 Å². The first-order chi connectivity index (χ1) is 14.3. The number of carbonyl (C=O) groups is 2. The number of nitrogens with zero attached hydrogens (tertiary/aromatic N) is 1. The van der Waals surface area contributed by atoms with Gasteiger partial charge in [0, 0.05) is 4.47 Å². The molecule has 0 aliphatic rings. The van der Waals surface area contributed by atoms with Crippen molar-refractivity contribution in [2.75, 3.05) is 12.4 Å². The third kappa shape index (κ3) is 3.44. The fraction of sp³-hybridized carbons (Fsp3) is 0.0526. The van der Waals surface area contributed by atoms with Gasteiger partial charge < -0.3 is 15.0 Å². The number of halogens is 2. The first-order valence-electron chi connectivity index (χ1n) is 8.36. The topological polar surface area (TPSA) is 92.7 Å². The van der Waals surface area contributed by atoms with E-state index in [1.807, 2.05) is 0 Å². The third-order valence-electron chi connectivity index (χ3n) is 4.33. The predicted molar refractivity (Wildman–Crippen MR) is 118 cm³/mol. The second-order valence-electron chi connectivity index (χ2n) is 6.14. The maximum absolute atomic E-state index is 14.1. The normalized spacial score (nSPS) is 11.0. The van der Waals surface area contributed by atoms with Gasteiger partial charge in [0.25, 0.3) is 11.5 Å². The maximum Gasteiger partial charge on any atom is 0.337 e. The fourth-order valence-electron chi connectivity index (χ4n) is 2.96. The molecule has 2 heterocycles. The van der Waals surface area contributed by atoms with Crippen LogP contribution in [-0.4, -0.2) is 28.4 Å². The molecule has 0 fully saturated rings. The van der Waals surface area contributed by atoms with Crippen molar-refractivity contribution in [3.8, 4) is 0 Å². The van der Waals surface area contributed by atoms with Crippen LogP contribution in [0.2, 0.25) is 0 Å². The van der Waals surface area contributed by atoms with Crippen LogP contribution in [0.4, 0.5) is 10.1 Å². The lowest BCUT2D eigenvalue weighted by molar-refractivity contribution is 0.0600. The Labute approximate surface area is 185 Å². The number of nitrogens with one attached hydrogen (secondary N) is 2. The summed E-state index contributed by atoms with van der Waals surface area (Å²) in [6.07, 6.45) is 0. The molecule has 0 radical (unpaired) electrons. The number of amides is 1. The zero-order chi connectivity index (χ0) is 21.6. The van der Waals surface area contributed by atoms with Gasteiger partial charge in [0.2, 0.25) is 0 Å². The summed E-state index contributed by atoms with van der Waals surface area (Å²) in [6.45, 7) is 0. The minimum Gasteiger partial charge on any atom is -0.465 e. The van der Waals surface area contributed by atoms with E-state index in [1.165, 1.54) is 41.8 Å². The second-order valence-corrected chi connectivity index (χ2v) is 8.70. The van der Waals surface area contributed by atoms with Crippen LogP contribution < -0.4 is 10.9 Å². The number of fused-ring (bicyclic) bond motifs is 3. The molecule has 11 heteroatoms. The largest absolute Gasteiger partial charge is 0.465 e. The van der Waals surface area contributed by atoms with Gasteiger partial charge >= 0.3 is 5.97 Å². The number of benzene rings is 2. The number of hydrogen-bond donors (Lipinski definition) is 2. The lowest BCUT2D eigenvalue weighted by Gasteiger charge is -2.07. The molecule has 4 rings (SSSR count). The lowest BCUT2D eigenvalue weighted by Crippen LogP contribution is -2.16. The van der Waals surface area contributed by atoms with Crippen molar-refractivity contribution in [1.82, 2.24) is 9.38 Å². The molecule has 1 amide bonds. The highest BCUT2D eigenvalue weighted by Crippen LogP contribution is 2.26. The quantitative estimate of drug-likeness (QED) is 0.314. The van der Waals surface area contributed by atoms with E-state index in [4.69, 9.17) is 17.0 Å². The molecular formula is C19H11BrFN3O4S2. The smallest absolute Gasteiger partial charge is 0.337 e. The molecule has 0 aliphatic carbocycles. The summed E-state index contributed by atoms with van der Waals surface area (Å²) < 4.78 is 21.1. The average molecular weight is 508 g/mol. The van der Waals surface area contributed by atoms with Gasteiger partial charge in [0.15, 0.2) is 3.95 Å². The molecule has 152 valence electrons. The van der Waals surface area contributed by atoms with Gasteiger partial charge in [-0.2, -0.15) is 0 Å². The molecule has 4 aromatic rings. The Hall–Kier alpha value is -2.89. The number of methoxy groups -OCH3 is 1. The standard InChI is InChI=1S/C19H11BrFN3O4S2/c1-28-18(27)8-2-4-10-13(6-8)24-15(23-16(10)25)14(30-19(24)29)17(26)22-12-5-3-9(20)7-11(12)21/h2-7H,1H3,(H,22,26)(H,23,25). The Morgan fingerprint density at radius 2 is 2.03 bits per heavy atom. The Kier molecular flexibility index (Phi) is 5.26. The molecular weight excluding hydrogens is 497 g/mol. The van der Waals surface area contributed by atoms with Gasteiger partial charge in [-0.15, -0.1) is 0 Å². The number of esters is 1. The van der Waals surface area contributed by atoms with Crippen LogP contribution in [0, 0.1) is 9.77 Å². The van der Waals surface area contributed by atoms with Crippen LogP contribution in [0.5, 0.6) is 0 Å². The van der Waals surface area contributed by atoms with Crippen molar-refractivity contribution in [2.24, 2.45) is 0 Å². The highest BCUT2D eigenvalue weighted by molar-refractivity contribution is 9.10. The molecule has 7 nitrogen and oxygen atoms in total. The molecule has 0 unspecified atom stereocenters. The number of ether oxygens (including phenoxy) is 1. The first-order valence-corrected chi connectivity index (χ1v) is 10.4. The molecule has 2 N–H and O–H groups in total. The van der Waals surface area contributed by atoms with Crippen molar-refractivity contribution in [2.45, 2.75) is 0 Å². The minimum absolute atomic E-state index is 0.0169. The molecule has 0 atom stereocenters. The van der Waals surface area contributed by atoms with E-state index in [9.17, 15) is 18.8 Å². The van der Waals surface area contributed by atoms with Crippen molar-refractivity contribution in [3.05, 3.63) is 71.4 Å².